The second kappa shape index (κ2) is 9.96. The number of ether oxygens (including phenoxy) is 2. The molecule has 0 amide bonds. The Kier molecular flexibility index (Phi) is 6.65. The zero-order valence-electron chi connectivity index (χ0n) is 17.9. The maximum atomic E-state index is 11.4. The van der Waals surface area contributed by atoms with Crippen LogP contribution >= 0.6 is 0 Å². The van der Waals surface area contributed by atoms with Crippen molar-refractivity contribution in [3.05, 3.63) is 94.0 Å². The molecule has 0 bridgehead atoms. The first-order chi connectivity index (χ1) is 15.6. The Labute approximate surface area is 187 Å². The van der Waals surface area contributed by atoms with Crippen molar-refractivity contribution < 1.29 is 14.4 Å². The molecule has 0 N–H and O–H groups in total. The van der Waals surface area contributed by atoms with E-state index in [-0.39, 0.29) is 16.5 Å². The summed E-state index contributed by atoms with van der Waals surface area (Å²) in [4.78, 5) is 17.4. The summed E-state index contributed by atoms with van der Waals surface area (Å²) in [6.07, 6.45) is 1.83. The lowest BCUT2D eigenvalue weighted by molar-refractivity contribution is -0.384. The minimum absolute atomic E-state index is 0.00634. The molecular formula is C25H25N3O4. The maximum absolute atomic E-state index is 11.4. The van der Waals surface area contributed by atoms with Crippen molar-refractivity contribution in [2.45, 2.75) is 19.4 Å². The van der Waals surface area contributed by atoms with E-state index in [9.17, 15) is 10.1 Å². The van der Waals surface area contributed by atoms with Crippen LogP contribution in [-0.4, -0.2) is 35.8 Å². The highest BCUT2D eigenvalue weighted by Gasteiger charge is 2.21. The van der Waals surface area contributed by atoms with E-state index in [1.807, 2.05) is 67.9 Å². The Morgan fingerprint density at radius 2 is 1.78 bits per heavy atom. The van der Waals surface area contributed by atoms with Gasteiger partial charge in [0, 0.05) is 36.7 Å². The van der Waals surface area contributed by atoms with Crippen LogP contribution in [0.4, 0.5) is 5.69 Å². The van der Waals surface area contributed by atoms with Gasteiger partial charge in [-0.25, -0.2) is 0 Å². The van der Waals surface area contributed by atoms with Crippen LogP contribution in [-0.2, 0) is 6.61 Å². The number of hydrogen-bond acceptors (Lipinski definition) is 6. The van der Waals surface area contributed by atoms with Crippen molar-refractivity contribution in [2.24, 2.45) is 4.99 Å². The normalized spacial score (nSPS) is 13.7. The first-order valence-electron chi connectivity index (χ1n) is 10.6. The van der Waals surface area contributed by atoms with Crippen molar-refractivity contribution in [2.75, 3.05) is 19.6 Å². The Balaban J connectivity index is 1.58. The molecule has 0 fully saturated rings. The van der Waals surface area contributed by atoms with Gasteiger partial charge in [-0.15, -0.1) is 0 Å². The molecule has 7 heteroatoms. The molecule has 3 aromatic rings. The fourth-order valence-corrected chi connectivity index (χ4v) is 3.64. The first-order valence-corrected chi connectivity index (χ1v) is 10.6. The van der Waals surface area contributed by atoms with Crippen molar-refractivity contribution in [1.82, 2.24) is 4.90 Å². The van der Waals surface area contributed by atoms with Crippen molar-refractivity contribution in [1.29, 1.82) is 0 Å². The summed E-state index contributed by atoms with van der Waals surface area (Å²) in [6.45, 7) is 4.78. The van der Waals surface area contributed by atoms with Crippen LogP contribution < -0.4 is 9.47 Å². The van der Waals surface area contributed by atoms with Crippen molar-refractivity contribution in [3.8, 4) is 17.2 Å². The summed E-state index contributed by atoms with van der Waals surface area (Å²) in [6, 6.07) is 22.1. The van der Waals surface area contributed by atoms with Crippen molar-refractivity contribution in [3.63, 3.8) is 0 Å². The number of nitrogens with zero attached hydrogens (tertiary/aromatic N) is 3. The van der Waals surface area contributed by atoms with Crippen LogP contribution in [0.3, 0.4) is 0 Å². The second-order valence-electron chi connectivity index (χ2n) is 7.72. The number of nitro groups is 1. The zero-order chi connectivity index (χ0) is 22.3. The largest absolute Gasteiger partial charge is 0.485 e. The molecule has 164 valence electrons. The van der Waals surface area contributed by atoms with Gasteiger partial charge in [0.15, 0.2) is 11.5 Å². The Hall–Kier alpha value is -3.87. The van der Waals surface area contributed by atoms with Gasteiger partial charge in [0.05, 0.1) is 17.8 Å². The number of nitro benzene ring substituents is 1. The summed E-state index contributed by atoms with van der Waals surface area (Å²) >= 11 is 0. The van der Waals surface area contributed by atoms with E-state index in [0.717, 1.165) is 24.2 Å². The van der Waals surface area contributed by atoms with Gasteiger partial charge in [0.2, 0.25) is 0 Å². The molecule has 1 atom stereocenters. The summed E-state index contributed by atoms with van der Waals surface area (Å²) < 4.78 is 12.3. The monoisotopic (exact) mass is 431 g/mol. The minimum atomic E-state index is -0.381. The van der Waals surface area contributed by atoms with E-state index in [1.54, 1.807) is 12.1 Å². The zero-order valence-corrected chi connectivity index (χ0v) is 17.9. The van der Waals surface area contributed by atoms with Gasteiger partial charge in [0.1, 0.15) is 12.4 Å². The average molecular weight is 431 g/mol. The lowest BCUT2D eigenvalue weighted by Crippen LogP contribution is -2.24. The third-order valence-corrected chi connectivity index (χ3v) is 5.31. The van der Waals surface area contributed by atoms with Crippen LogP contribution in [0.25, 0.3) is 0 Å². The van der Waals surface area contributed by atoms with E-state index in [4.69, 9.17) is 9.47 Å². The van der Waals surface area contributed by atoms with Gasteiger partial charge in [-0.05, 0) is 23.8 Å². The highest BCUT2D eigenvalue weighted by atomic mass is 16.6. The Bertz CT molecular complexity index is 1100. The Morgan fingerprint density at radius 1 is 1.03 bits per heavy atom. The van der Waals surface area contributed by atoms with E-state index < -0.39 is 0 Å². The molecule has 1 heterocycles. The predicted molar refractivity (Wildman–Crippen MR) is 124 cm³/mol. The standard InChI is InChI=1S/C25H25N3O4/c1-19(16-27-14-13-26-18-27)22-15-21(28(29)30)11-12-23(22)32-25-10-6-5-9-24(25)31-17-20-7-3-2-4-8-20/h2-12,15,18-19H,13-14,16-17H2,1H3. The summed E-state index contributed by atoms with van der Waals surface area (Å²) in [5, 5.41) is 11.4. The molecule has 3 aromatic carbocycles. The molecular weight excluding hydrogens is 406 g/mol. The summed E-state index contributed by atoms with van der Waals surface area (Å²) in [5.74, 6) is 1.76. The Morgan fingerprint density at radius 3 is 2.50 bits per heavy atom. The van der Waals surface area contributed by atoms with Gasteiger partial charge in [-0.1, -0.05) is 49.4 Å². The van der Waals surface area contributed by atoms with E-state index in [2.05, 4.69) is 9.89 Å². The van der Waals surface area contributed by atoms with Gasteiger partial charge in [0.25, 0.3) is 5.69 Å². The minimum Gasteiger partial charge on any atom is -0.485 e. The van der Waals surface area contributed by atoms with Crippen LogP contribution in [0.1, 0.15) is 24.0 Å². The van der Waals surface area contributed by atoms with Crippen LogP contribution in [0.5, 0.6) is 17.2 Å². The predicted octanol–water partition coefficient (Wildman–Crippen LogP) is 5.41. The van der Waals surface area contributed by atoms with E-state index >= 15 is 0 Å². The molecule has 7 nitrogen and oxygen atoms in total. The third-order valence-electron chi connectivity index (χ3n) is 5.31. The quantitative estimate of drug-likeness (QED) is 0.334. The number of benzene rings is 3. The molecule has 0 spiro atoms. The fourth-order valence-electron chi connectivity index (χ4n) is 3.64. The number of hydrogen-bond donors (Lipinski definition) is 0. The summed E-state index contributed by atoms with van der Waals surface area (Å²) in [5.41, 5.74) is 1.87. The number of aliphatic imine (C=N–C) groups is 1. The van der Waals surface area contributed by atoms with Gasteiger partial charge < -0.3 is 14.4 Å². The number of para-hydroxylation sites is 2. The van der Waals surface area contributed by atoms with Crippen LogP contribution in [0.2, 0.25) is 0 Å². The molecule has 0 aromatic heterocycles. The molecule has 0 radical (unpaired) electrons. The molecule has 0 saturated heterocycles. The van der Waals surface area contributed by atoms with Crippen molar-refractivity contribution >= 4 is 12.0 Å². The number of rotatable bonds is 9. The molecule has 1 aliphatic rings. The summed E-state index contributed by atoms with van der Waals surface area (Å²) in [7, 11) is 0. The molecule has 1 unspecified atom stereocenters. The van der Waals surface area contributed by atoms with Gasteiger partial charge >= 0.3 is 0 Å². The molecule has 32 heavy (non-hydrogen) atoms. The lowest BCUT2D eigenvalue weighted by atomic mass is 9.98. The molecule has 0 aliphatic carbocycles. The topological polar surface area (TPSA) is 77.2 Å². The molecule has 4 rings (SSSR count). The average Bonchev–Trinajstić information content (AvgIpc) is 3.32. The maximum Gasteiger partial charge on any atom is 0.269 e. The second-order valence-corrected chi connectivity index (χ2v) is 7.72. The highest BCUT2D eigenvalue weighted by Crippen LogP contribution is 2.37. The smallest absolute Gasteiger partial charge is 0.269 e. The molecule has 1 aliphatic heterocycles. The van der Waals surface area contributed by atoms with E-state index in [1.165, 1.54) is 6.07 Å². The van der Waals surface area contributed by atoms with Crippen LogP contribution in [0, 0.1) is 10.1 Å². The SMILES string of the molecule is CC(CN1C=NCC1)c1cc([N+](=O)[O-])ccc1Oc1ccccc1OCc1ccccc1. The first kappa shape index (κ1) is 21.4. The van der Waals surface area contributed by atoms with E-state index in [0.29, 0.717) is 30.4 Å². The molecule has 0 saturated carbocycles. The van der Waals surface area contributed by atoms with Gasteiger partial charge in [-0.2, -0.15) is 0 Å². The number of non-ortho nitro benzene ring substituents is 1. The highest BCUT2D eigenvalue weighted by molar-refractivity contribution is 5.57. The van der Waals surface area contributed by atoms with Gasteiger partial charge in [-0.3, -0.25) is 15.1 Å². The third kappa shape index (κ3) is 5.24. The van der Waals surface area contributed by atoms with Crippen LogP contribution in [0.15, 0.2) is 77.8 Å². The lowest BCUT2D eigenvalue weighted by Gasteiger charge is -2.22. The fraction of sp³-hybridized carbons (Fsp3) is 0.240.